The minimum Gasteiger partial charge on any atom is -0.380 e. The lowest BCUT2D eigenvalue weighted by Gasteiger charge is -2.23. The second kappa shape index (κ2) is 6.22. The van der Waals surface area contributed by atoms with Crippen molar-refractivity contribution >= 4 is 10.0 Å². The molecular weight excluding hydrogens is 276 g/mol. The molecule has 0 aromatic heterocycles. The van der Waals surface area contributed by atoms with Gasteiger partial charge in [-0.15, -0.1) is 0 Å². The highest BCUT2D eigenvalue weighted by Gasteiger charge is 2.30. The van der Waals surface area contributed by atoms with Crippen LogP contribution in [0.3, 0.4) is 0 Å². The average molecular weight is 298 g/mol. The molecule has 1 unspecified atom stereocenters. The molecule has 1 heterocycles. The van der Waals surface area contributed by atoms with Crippen LogP contribution in [0.5, 0.6) is 0 Å². The van der Waals surface area contributed by atoms with E-state index in [1.165, 1.54) is 4.31 Å². The molecule has 1 aliphatic rings. The maximum atomic E-state index is 12.6. The Kier molecular flexibility index (Phi) is 4.80. The van der Waals surface area contributed by atoms with Crippen molar-refractivity contribution in [1.82, 2.24) is 9.62 Å². The number of likely N-dealkylation sites (N-methyl/N-ethyl adjacent to an activating group) is 1. The molecule has 0 aliphatic carbocycles. The van der Waals surface area contributed by atoms with Gasteiger partial charge in [0.25, 0.3) is 0 Å². The molecule has 1 aliphatic heterocycles. The van der Waals surface area contributed by atoms with E-state index in [1.54, 1.807) is 19.2 Å². The van der Waals surface area contributed by atoms with Crippen molar-refractivity contribution in [2.24, 2.45) is 0 Å². The van der Waals surface area contributed by atoms with Crippen molar-refractivity contribution in [1.29, 1.82) is 0 Å². The van der Waals surface area contributed by atoms with Gasteiger partial charge in [0, 0.05) is 20.2 Å². The fraction of sp³-hybridized carbons (Fsp3) is 0.571. The third-order valence-electron chi connectivity index (χ3n) is 3.78. The summed E-state index contributed by atoms with van der Waals surface area (Å²) in [4.78, 5) is 0.350. The van der Waals surface area contributed by atoms with E-state index in [0.717, 1.165) is 17.5 Å². The Hall–Kier alpha value is -0.950. The lowest BCUT2D eigenvalue weighted by atomic mass is 10.1. The van der Waals surface area contributed by atoms with Crippen LogP contribution in [0.2, 0.25) is 0 Å². The van der Waals surface area contributed by atoms with E-state index >= 15 is 0 Å². The fourth-order valence-electron chi connectivity index (χ4n) is 2.36. The Labute approximate surface area is 121 Å². The molecule has 0 saturated carbocycles. The first-order chi connectivity index (χ1) is 9.46. The first-order valence-electron chi connectivity index (χ1n) is 6.76. The normalized spacial score (nSPS) is 19.7. The lowest BCUT2D eigenvalue weighted by molar-refractivity contribution is 0.181. The summed E-state index contributed by atoms with van der Waals surface area (Å²) < 4.78 is 32.0. The Morgan fingerprint density at radius 3 is 2.80 bits per heavy atom. The Morgan fingerprint density at radius 1 is 1.45 bits per heavy atom. The molecule has 1 N–H and O–H groups in total. The van der Waals surface area contributed by atoms with Gasteiger partial charge in [-0.3, -0.25) is 0 Å². The van der Waals surface area contributed by atoms with E-state index in [1.807, 2.05) is 20.0 Å². The van der Waals surface area contributed by atoms with Crippen LogP contribution in [0.15, 0.2) is 23.1 Å². The summed E-state index contributed by atoms with van der Waals surface area (Å²) in [6, 6.07) is 5.23. The molecule has 1 saturated heterocycles. The fourth-order valence-corrected chi connectivity index (χ4v) is 3.78. The molecule has 2 rings (SSSR count). The van der Waals surface area contributed by atoms with Crippen molar-refractivity contribution in [3.05, 3.63) is 29.3 Å². The summed E-state index contributed by atoms with van der Waals surface area (Å²) in [5, 5.41) is 3.06. The summed E-state index contributed by atoms with van der Waals surface area (Å²) in [5.74, 6) is 0. The third-order valence-corrected chi connectivity index (χ3v) is 5.69. The van der Waals surface area contributed by atoms with Gasteiger partial charge in [0.15, 0.2) is 0 Å². The monoisotopic (exact) mass is 298 g/mol. The molecule has 1 aromatic rings. The van der Waals surface area contributed by atoms with Crippen LogP contribution in [0, 0.1) is 6.92 Å². The summed E-state index contributed by atoms with van der Waals surface area (Å²) in [7, 11) is 0.0266. The number of nitrogens with one attached hydrogen (secondary N) is 1. The molecule has 1 aromatic carbocycles. The minimum atomic E-state index is -3.45. The van der Waals surface area contributed by atoms with Crippen molar-refractivity contribution in [3.8, 4) is 0 Å². The van der Waals surface area contributed by atoms with E-state index in [2.05, 4.69) is 5.32 Å². The zero-order chi connectivity index (χ0) is 14.8. The Bertz CT molecular complexity index is 566. The number of benzene rings is 1. The van der Waals surface area contributed by atoms with E-state index < -0.39 is 10.0 Å². The van der Waals surface area contributed by atoms with Crippen LogP contribution in [0.25, 0.3) is 0 Å². The summed E-state index contributed by atoms with van der Waals surface area (Å²) >= 11 is 0. The highest BCUT2D eigenvalue weighted by Crippen LogP contribution is 2.23. The van der Waals surface area contributed by atoms with Gasteiger partial charge in [-0.25, -0.2) is 8.42 Å². The zero-order valence-electron chi connectivity index (χ0n) is 12.2. The lowest BCUT2D eigenvalue weighted by Crippen LogP contribution is -2.37. The molecule has 0 radical (unpaired) electrons. The molecule has 1 atom stereocenters. The summed E-state index contributed by atoms with van der Waals surface area (Å²) in [6.45, 7) is 3.75. The molecule has 0 amide bonds. The summed E-state index contributed by atoms with van der Waals surface area (Å²) in [5.41, 5.74) is 2.09. The second-order valence-electron chi connectivity index (χ2n) is 5.16. The van der Waals surface area contributed by atoms with Crippen LogP contribution < -0.4 is 5.32 Å². The topological polar surface area (TPSA) is 58.6 Å². The molecule has 6 heteroatoms. The molecule has 20 heavy (non-hydrogen) atoms. The Morgan fingerprint density at radius 2 is 2.20 bits per heavy atom. The molecule has 5 nitrogen and oxygen atoms in total. The maximum Gasteiger partial charge on any atom is 0.243 e. The predicted molar refractivity (Wildman–Crippen MR) is 78.1 cm³/mol. The predicted octanol–water partition coefficient (Wildman–Crippen LogP) is 1.12. The molecule has 1 fully saturated rings. The number of aryl methyl sites for hydroxylation is 1. The molecule has 0 spiro atoms. The molecule has 0 bridgehead atoms. The van der Waals surface area contributed by atoms with E-state index in [9.17, 15) is 8.42 Å². The standard InChI is InChI=1S/C14H22N2O3S/c1-11-4-5-14(8-12(11)9-15-2)20(17,18)16(3)13-6-7-19-10-13/h4-5,8,13,15H,6-7,9-10H2,1-3H3. The van der Waals surface area contributed by atoms with Gasteiger partial charge < -0.3 is 10.1 Å². The van der Waals surface area contributed by atoms with E-state index in [4.69, 9.17) is 4.74 Å². The van der Waals surface area contributed by atoms with Crippen LogP contribution >= 0.6 is 0 Å². The average Bonchev–Trinajstić information content (AvgIpc) is 2.94. The van der Waals surface area contributed by atoms with Crippen LogP contribution in [0.1, 0.15) is 17.5 Å². The number of ether oxygens (including phenoxy) is 1. The van der Waals surface area contributed by atoms with Gasteiger partial charge in [0.2, 0.25) is 10.0 Å². The number of rotatable bonds is 5. The smallest absolute Gasteiger partial charge is 0.243 e. The quantitative estimate of drug-likeness (QED) is 0.885. The second-order valence-corrected chi connectivity index (χ2v) is 7.15. The SMILES string of the molecule is CNCc1cc(S(=O)(=O)N(C)C2CCOC2)ccc1C. The van der Waals surface area contributed by atoms with Crippen LogP contribution in [-0.2, 0) is 21.3 Å². The third kappa shape index (κ3) is 3.03. The highest BCUT2D eigenvalue weighted by atomic mass is 32.2. The number of nitrogens with zero attached hydrogens (tertiary/aromatic N) is 1. The van der Waals surface area contributed by atoms with Gasteiger partial charge >= 0.3 is 0 Å². The van der Waals surface area contributed by atoms with Crippen LogP contribution in [-0.4, -0.2) is 46.1 Å². The number of hydrogen-bond donors (Lipinski definition) is 1. The van der Waals surface area contributed by atoms with Crippen molar-refractivity contribution in [3.63, 3.8) is 0 Å². The van der Waals surface area contributed by atoms with E-state index in [-0.39, 0.29) is 6.04 Å². The van der Waals surface area contributed by atoms with Gasteiger partial charge in [0.1, 0.15) is 0 Å². The van der Waals surface area contributed by atoms with Gasteiger partial charge in [-0.05, 0) is 43.7 Å². The van der Waals surface area contributed by atoms with Crippen molar-refractivity contribution in [2.45, 2.75) is 30.8 Å². The van der Waals surface area contributed by atoms with Crippen molar-refractivity contribution in [2.75, 3.05) is 27.3 Å². The minimum absolute atomic E-state index is 0.0611. The van der Waals surface area contributed by atoms with Crippen LogP contribution in [0.4, 0.5) is 0 Å². The number of sulfonamides is 1. The van der Waals surface area contributed by atoms with Gasteiger partial charge in [-0.2, -0.15) is 4.31 Å². The largest absolute Gasteiger partial charge is 0.380 e. The van der Waals surface area contributed by atoms with E-state index in [0.29, 0.717) is 24.7 Å². The molecular formula is C14H22N2O3S. The zero-order valence-corrected chi connectivity index (χ0v) is 13.0. The van der Waals surface area contributed by atoms with Gasteiger partial charge in [-0.1, -0.05) is 6.07 Å². The highest BCUT2D eigenvalue weighted by molar-refractivity contribution is 7.89. The maximum absolute atomic E-state index is 12.6. The van der Waals surface area contributed by atoms with Crippen molar-refractivity contribution < 1.29 is 13.2 Å². The molecule has 112 valence electrons. The first-order valence-corrected chi connectivity index (χ1v) is 8.20. The van der Waals surface area contributed by atoms with Gasteiger partial charge in [0.05, 0.1) is 17.5 Å². The first kappa shape index (κ1) is 15.4. The Balaban J connectivity index is 2.31. The summed E-state index contributed by atoms with van der Waals surface area (Å²) in [6.07, 6.45) is 0.755. The number of hydrogen-bond acceptors (Lipinski definition) is 4.